The third kappa shape index (κ3) is 4.23. The summed E-state index contributed by atoms with van der Waals surface area (Å²) in [4.78, 5) is 25.3. The summed E-state index contributed by atoms with van der Waals surface area (Å²) in [5, 5.41) is 2.87. The number of benzene rings is 1. The molecule has 5 heteroatoms. The zero-order valence-electron chi connectivity index (χ0n) is 11.3. The number of likely N-dealkylation sites (tertiary alicyclic amines) is 1. The Kier molecular flexibility index (Phi) is 5.41. The highest BCUT2D eigenvalue weighted by atomic mass is 35.5. The lowest BCUT2D eigenvalue weighted by molar-refractivity contribution is -0.131. The van der Waals surface area contributed by atoms with Gasteiger partial charge in [0, 0.05) is 19.1 Å². The van der Waals surface area contributed by atoms with Crippen molar-refractivity contribution < 1.29 is 9.59 Å². The van der Waals surface area contributed by atoms with E-state index in [1.807, 2.05) is 35.2 Å². The van der Waals surface area contributed by atoms with Crippen LogP contribution >= 0.6 is 11.6 Å². The Bertz CT molecular complexity index is 456. The zero-order chi connectivity index (χ0) is 14.4. The molecule has 2 rings (SSSR count). The Hall–Kier alpha value is -1.55. The van der Waals surface area contributed by atoms with Crippen LogP contribution in [0.1, 0.15) is 18.4 Å². The summed E-state index contributed by atoms with van der Waals surface area (Å²) < 4.78 is 0. The van der Waals surface area contributed by atoms with Gasteiger partial charge in [-0.1, -0.05) is 30.3 Å². The maximum absolute atomic E-state index is 12.2. The SMILES string of the molecule is O=C(CCl)NC1CCN(C(=O)Cc2ccccc2)CC1. The van der Waals surface area contributed by atoms with E-state index in [4.69, 9.17) is 11.6 Å². The van der Waals surface area contributed by atoms with Gasteiger partial charge in [-0.2, -0.15) is 0 Å². The van der Waals surface area contributed by atoms with Crippen LogP contribution in [0.4, 0.5) is 0 Å². The summed E-state index contributed by atoms with van der Waals surface area (Å²) in [7, 11) is 0. The highest BCUT2D eigenvalue weighted by Gasteiger charge is 2.23. The molecule has 0 aromatic heterocycles. The van der Waals surface area contributed by atoms with Crippen molar-refractivity contribution in [3.63, 3.8) is 0 Å². The first-order chi connectivity index (χ1) is 9.69. The van der Waals surface area contributed by atoms with E-state index in [0.717, 1.165) is 18.4 Å². The van der Waals surface area contributed by atoms with Crippen molar-refractivity contribution in [2.24, 2.45) is 0 Å². The molecule has 1 aromatic rings. The van der Waals surface area contributed by atoms with Gasteiger partial charge < -0.3 is 10.2 Å². The molecule has 0 radical (unpaired) electrons. The van der Waals surface area contributed by atoms with Crippen LogP contribution in [0.5, 0.6) is 0 Å². The monoisotopic (exact) mass is 294 g/mol. The van der Waals surface area contributed by atoms with Crippen molar-refractivity contribution in [3.05, 3.63) is 35.9 Å². The first-order valence-electron chi connectivity index (χ1n) is 6.86. The Morgan fingerprint density at radius 3 is 2.45 bits per heavy atom. The molecule has 1 aliphatic rings. The molecule has 0 atom stereocenters. The van der Waals surface area contributed by atoms with Crippen molar-refractivity contribution in [3.8, 4) is 0 Å². The van der Waals surface area contributed by atoms with Crippen molar-refractivity contribution in [1.29, 1.82) is 0 Å². The number of piperidine rings is 1. The van der Waals surface area contributed by atoms with E-state index in [1.165, 1.54) is 0 Å². The van der Waals surface area contributed by atoms with Crippen LogP contribution in [-0.2, 0) is 16.0 Å². The Balaban J connectivity index is 1.78. The van der Waals surface area contributed by atoms with Crippen molar-refractivity contribution in [2.75, 3.05) is 19.0 Å². The average Bonchev–Trinajstić information content (AvgIpc) is 2.49. The molecule has 0 spiro atoms. The van der Waals surface area contributed by atoms with Gasteiger partial charge >= 0.3 is 0 Å². The fourth-order valence-electron chi connectivity index (χ4n) is 2.42. The van der Waals surface area contributed by atoms with Crippen molar-refractivity contribution in [1.82, 2.24) is 10.2 Å². The molecule has 2 amide bonds. The van der Waals surface area contributed by atoms with Crippen molar-refractivity contribution in [2.45, 2.75) is 25.3 Å². The smallest absolute Gasteiger partial charge is 0.235 e. The summed E-state index contributed by atoms with van der Waals surface area (Å²) >= 11 is 5.46. The normalized spacial score (nSPS) is 15.9. The lowest BCUT2D eigenvalue weighted by atomic mass is 10.0. The number of carbonyl (C=O) groups excluding carboxylic acids is 2. The average molecular weight is 295 g/mol. The number of nitrogens with one attached hydrogen (secondary N) is 1. The second-order valence-electron chi connectivity index (χ2n) is 5.02. The molecule has 1 N–H and O–H groups in total. The zero-order valence-corrected chi connectivity index (χ0v) is 12.1. The highest BCUT2D eigenvalue weighted by Crippen LogP contribution is 2.12. The number of nitrogens with zero attached hydrogens (tertiary/aromatic N) is 1. The molecular formula is C15H19ClN2O2. The molecule has 1 saturated heterocycles. The van der Waals surface area contributed by atoms with Gasteiger partial charge in [0.25, 0.3) is 0 Å². The number of hydrogen-bond acceptors (Lipinski definition) is 2. The van der Waals surface area contributed by atoms with Crippen LogP contribution < -0.4 is 5.32 Å². The second kappa shape index (κ2) is 7.29. The number of halogens is 1. The van der Waals surface area contributed by atoms with Gasteiger partial charge in [-0.15, -0.1) is 11.6 Å². The van der Waals surface area contributed by atoms with Gasteiger partial charge in [0.05, 0.1) is 6.42 Å². The Morgan fingerprint density at radius 2 is 1.85 bits per heavy atom. The fourth-order valence-corrected chi connectivity index (χ4v) is 2.50. The van der Waals surface area contributed by atoms with E-state index in [2.05, 4.69) is 5.32 Å². The minimum Gasteiger partial charge on any atom is -0.352 e. The van der Waals surface area contributed by atoms with Gasteiger partial charge in [0.2, 0.25) is 11.8 Å². The van der Waals surface area contributed by atoms with Gasteiger partial charge in [-0.05, 0) is 18.4 Å². The van der Waals surface area contributed by atoms with E-state index >= 15 is 0 Å². The third-order valence-electron chi connectivity index (χ3n) is 3.53. The summed E-state index contributed by atoms with van der Waals surface area (Å²) in [6.45, 7) is 1.39. The van der Waals surface area contributed by atoms with E-state index in [-0.39, 0.29) is 23.7 Å². The van der Waals surface area contributed by atoms with Crippen LogP contribution in [0, 0.1) is 0 Å². The molecule has 0 unspecified atom stereocenters. The maximum Gasteiger partial charge on any atom is 0.235 e. The molecule has 1 fully saturated rings. The third-order valence-corrected chi connectivity index (χ3v) is 3.78. The molecule has 20 heavy (non-hydrogen) atoms. The quantitative estimate of drug-likeness (QED) is 0.857. The predicted octanol–water partition coefficient (Wildman–Crippen LogP) is 1.58. The molecule has 1 aliphatic heterocycles. The molecule has 0 aliphatic carbocycles. The molecule has 0 bridgehead atoms. The summed E-state index contributed by atoms with van der Waals surface area (Å²) in [6, 6.07) is 9.89. The Labute approximate surface area is 124 Å². The van der Waals surface area contributed by atoms with E-state index in [9.17, 15) is 9.59 Å². The van der Waals surface area contributed by atoms with Gasteiger partial charge in [0.1, 0.15) is 5.88 Å². The minimum atomic E-state index is -0.138. The van der Waals surface area contributed by atoms with E-state index in [0.29, 0.717) is 19.5 Å². The van der Waals surface area contributed by atoms with Crippen LogP contribution in [0.2, 0.25) is 0 Å². The molecule has 4 nitrogen and oxygen atoms in total. The first-order valence-corrected chi connectivity index (χ1v) is 7.39. The number of alkyl halides is 1. The van der Waals surface area contributed by atoms with Crippen LogP contribution in [0.15, 0.2) is 30.3 Å². The lowest BCUT2D eigenvalue weighted by Gasteiger charge is -2.32. The molecule has 108 valence electrons. The molecular weight excluding hydrogens is 276 g/mol. The van der Waals surface area contributed by atoms with Crippen LogP contribution in [0.25, 0.3) is 0 Å². The minimum absolute atomic E-state index is 0.00679. The second-order valence-corrected chi connectivity index (χ2v) is 5.29. The van der Waals surface area contributed by atoms with E-state index in [1.54, 1.807) is 0 Å². The molecule has 0 saturated carbocycles. The first kappa shape index (κ1) is 14.9. The van der Waals surface area contributed by atoms with Gasteiger partial charge in [-0.3, -0.25) is 9.59 Å². The lowest BCUT2D eigenvalue weighted by Crippen LogP contribution is -2.47. The van der Waals surface area contributed by atoms with Crippen LogP contribution in [-0.4, -0.2) is 41.7 Å². The van der Waals surface area contributed by atoms with E-state index < -0.39 is 0 Å². The number of amides is 2. The molecule has 1 aromatic carbocycles. The van der Waals surface area contributed by atoms with Gasteiger partial charge in [-0.25, -0.2) is 0 Å². The topological polar surface area (TPSA) is 49.4 Å². The summed E-state index contributed by atoms with van der Waals surface area (Å²) in [6.07, 6.45) is 2.03. The number of rotatable bonds is 4. The standard InChI is InChI=1S/C15H19ClN2O2/c16-11-14(19)17-13-6-8-18(9-7-13)15(20)10-12-4-2-1-3-5-12/h1-5,13H,6-11H2,(H,17,19). The summed E-state index contributed by atoms with van der Waals surface area (Å²) in [5.74, 6) is 0.00621. The predicted molar refractivity (Wildman–Crippen MR) is 78.6 cm³/mol. The van der Waals surface area contributed by atoms with Crippen molar-refractivity contribution >= 4 is 23.4 Å². The number of hydrogen-bond donors (Lipinski definition) is 1. The highest BCUT2D eigenvalue weighted by molar-refractivity contribution is 6.27. The van der Waals surface area contributed by atoms with Gasteiger partial charge in [0.15, 0.2) is 0 Å². The largest absolute Gasteiger partial charge is 0.352 e. The molecule has 1 heterocycles. The number of carbonyl (C=O) groups is 2. The summed E-state index contributed by atoms with van der Waals surface area (Å²) in [5.41, 5.74) is 1.04. The fraction of sp³-hybridized carbons (Fsp3) is 0.467. The maximum atomic E-state index is 12.2. The van der Waals surface area contributed by atoms with Crippen LogP contribution in [0.3, 0.4) is 0 Å². The Morgan fingerprint density at radius 1 is 1.20 bits per heavy atom.